The molecule has 3 rings (SSSR count). The van der Waals surface area contributed by atoms with E-state index in [9.17, 15) is 27.1 Å². The first-order chi connectivity index (χ1) is 14.2. The molecule has 1 saturated heterocycles. The molecular formula is C20H23F2N3O4S. The number of sulfonamides is 1. The number of piperazine rings is 1. The fourth-order valence-corrected chi connectivity index (χ4v) is 4.59. The summed E-state index contributed by atoms with van der Waals surface area (Å²) in [5.74, 6) is -3.23. The lowest BCUT2D eigenvalue weighted by molar-refractivity contribution is 0.0697. The van der Waals surface area contributed by atoms with Crippen molar-refractivity contribution in [1.29, 1.82) is 0 Å². The molecule has 0 atom stereocenters. The van der Waals surface area contributed by atoms with E-state index in [2.05, 4.69) is 16.5 Å². The number of carboxylic acid groups (broad SMARTS) is 1. The average molecular weight is 439 g/mol. The highest BCUT2D eigenvalue weighted by atomic mass is 32.2. The van der Waals surface area contributed by atoms with Crippen LogP contribution in [0.1, 0.15) is 23.7 Å². The summed E-state index contributed by atoms with van der Waals surface area (Å²) >= 11 is 0. The Balaban J connectivity index is 1.95. The van der Waals surface area contributed by atoms with Gasteiger partial charge in [-0.05, 0) is 49.4 Å². The van der Waals surface area contributed by atoms with Gasteiger partial charge in [0.1, 0.15) is 16.5 Å². The molecule has 2 aromatic rings. The molecule has 7 nitrogen and oxygen atoms in total. The zero-order valence-corrected chi connectivity index (χ0v) is 17.3. The third-order valence-corrected chi connectivity index (χ3v) is 6.30. The molecule has 0 aliphatic carbocycles. The second-order valence-corrected chi connectivity index (χ2v) is 8.70. The van der Waals surface area contributed by atoms with Gasteiger partial charge in [0.15, 0.2) is 0 Å². The molecular weight excluding hydrogens is 416 g/mol. The lowest BCUT2D eigenvalue weighted by Crippen LogP contribution is -2.46. The number of nitrogens with zero attached hydrogens (tertiary/aromatic N) is 2. The van der Waals surface area contributed by atoms with Gasteiger partial charge in [-0.1, -0.05) is 6.92 Å². The van der Waals surface area contributed by atoms with Gasteiger partial charge in [-0.25, -0.2) is 22.0 Å². The van der Waals surface area contributed by atoms with Crippen molar-refractivity contribution < 1.29 is 27.1 Å². The minimum Gasteiger partial charge on any atom is -0.478 e. The second kappa shape index (κ2) is 8.97. The fourth-order valence-electron chi connectivity index (χ4n) is 3.44. The molecule has 1 fully saturated rings. The molecule has 162 valence electrons. The maximum atomic E-state index is 14.1. The molecule has 1 aliphatic rings. The number of rotatable bonds is 7. The van der Waals surface area contributed by atoms with Gasteiger partial charge in [0, 0.05) is 26.2 Å². The minimum absolute atomic E-state index is 0.00232. The Morgan fingerprint density at radius 2 is 1.80 bits per heavy atom. The normalized spacial score (nSPS) is 15.2. The zero-order valence-electron chi connectivity index (χ0n) is 16.4. The summed E-state index contributed by atoms with van der Waals surface area (Å²) in [5.41, 5.74) is 0.361. The number of benzene rings is 2. The Hall–Kier alpha value is -2.72. The summed E-state index contributed by atoms with van der Waals surface area (Å²) in [4.78, 5) is 14.8. The molecule has 0 aromatic heterocycles. The van der Waals surface area contributed by atoms with Gasteiger partial charge in [-0.15, -0.1) is 0 Å². The number of nitrogens with one attached hydrogen (secondary N) is 1. The quantitative estimate of drug-likeness (QED) is 0.690. The van der Waals surface area contributed by atoms with Crippen molar-refractivity contribution in [1.82, 2.24) is 4.90 Å². The van der Waals surface area contributed by atoms with Crippen LogP contribution >= 0.6 is 0 Å². The molecule has 1 aliphatic heterocycles. The van der Waals surface area contributed by atoms with Crippen LogP contribution in [-0.4, -0.2) is 57.1 Å². The van der Waals surface area contributed by atoms with E-state index in [0.717, 1.165) is 38.2 Å². The minimum atomic E-state index is -4.48. The van der Waals surface area contributed by atoms with E-state index in [1.165, 1.54) is 18.2 Å². The number of carboxylic acids is 1. The van der Waals surface area contributed by atoms with Crippen LogP contribution < -0.4 is 9.62 Å². The number of hydrogen-bond acceptors (Lipinski definition) is 5. The predicted molar refractivity (Wildman–Crippen MR) is 110 cm³/mol. The number of aromatic carboxylic acids is 1. The van der Waals surface area contributed by atoms with Crippen molar-refractivity contribution in [2.75, 3.05) is 42.3 Å². The molecule has 2 N–H and O–H groups in total. The third kappa shape index (κ3) is 4.88. The Kier molecular flexibility index (Phi) is 6.57. The van der Waals surface area contributed by atoms with Crippen molar-refractivity contribution in [3.63, 3.8) is 0 Å². The molecule has 0 saturated carbocycles. The number of halogens is 2. The highest BCUT2D eigenvalue weighted by Crippen LogP contribution is 2.31. The van der Waals surface area contributed by atoms with Crippen LogP contribution in [-0.2, 0) is 10.0 Å². The number of carbonyl (C=O) groups is 1. The van der Waals surface area contributed by atoms with Crippen LogP contribution in [0, 0.1) is 11.6 Å². The molecule has 0 radical (unpaired) electrons. The molecule has 0 bridgehead atoms. The first kappa shape index (κ1) is 22.0. The van der Waals surface area contributed by atoms with E-state index < -0.39 is 32.5 Å². The van der Waals surface area contributed by atoms with E-state index in [4.69, 9.17) is 0 Å². The monoisotopic (exact) mass is 439 g/mol. The van der Waals surface area contributed by atoms with Gasteiger partial charge in [0.2, 0.25) is 0 Å². The van der Waals surface area contributed by atoms with Gasteiger partial charge in [0.05, 0.1) is 16.9 Å². The van der Waals surface area contributed by atoms with Crippen LogP contribution in [0.2, 0.25) is 0 Å². The highest BCUT2D eigenvalue weighted by molar-refractivity contribution is 7.92. The van der Waals surface area contributed by atoms with E-state index in [0.29, 0.717) is 24.8 Å². The fraction of sp³-hybridized carbons (Fsp3) is 0.350. The SMILES string of the molecule is CCCN1CCN(c2ccc(C(=O)O)cc2NS(=O)(=O)c2cc(F)ccc2F)CC1. The Bertz CT molecular complexity index is 1040. The van der Waals surface area contributed by atoms with Gasteiger partial charge in [-0.3, -0.25) is 9.62 Å². The van der Waals surface area contributed by atoms with Gasteiger partial charge in [-0.2, -0.15) is 0 Å². The van der Waals surface area contributed by atoms with Crippen molar-refractivity contribution in [2.45, 2.75) is 18.2 Å². The van der Waals surface area contributed by atoms with Crippen molar-refractivity contribution >= 4 is 27.4 Å². The van der Waals surface area contributed by atoms with Gasteiger partial charge >= 0.3 is 5.97 Å². The average Bonchev–Trinajstić information content (AvgIpc) is 2.70. The van der Waals surface area contributed by atoms with E-state index in [1.807, 2.05) is 4.90 Å². The summed E-state index contributed by atoms with van der Waals surface area (Å²) < 4.78 is 55.3. The zero-order chi connectivity index (χ0) is 21.9. The summed E-state index contributed by atoms with van der Waals surface area (Å²) in [6.45, 7) is 5.85. The molecule has 10 heteroatoms. The second-order valence-electron chi connectivity index (χ2n) is 7.05. The Morgan fingerprint density at radius 3 is 2.43 bits per heavy atom. The standard InChI is InChI=1S/C20H23F2N3O4S/c1-2-7-24-8-10-25(11-9-24)18-6-3-14(20(26)27)12-17(18)23-30(28,29)19-13-15(21)4-5-16(19)22/h3-6,12-13,23H,2,7-11H2,1H3,(H,26,27). The molecule has 0 amide bonds. The maximum absolute atomic E-state index is 14.1. The first-order valence-electron chi connectivity index (χ1n) is 9.54. The van der Waals surface area contributed by atoms with Crippen LogP contribution in [0.25, 0.3) is 0 Å². The van der Waals surface area contributed by atoms with Crippen LogP contribution in [0.4, 0.5) is 20.2 Å². The number of hydrogen-bond donors (Lipinski definition) is 2. The Labute approximate surface area is 174 Å². The van der Waals surface area contributed by atoms with Crippen molar-refractivity contribution in [2.24, 2.45) is 0 Å². The molecule has 0 unspecified atom stereocenters. The molecule has 2 aromatic carbocycles. The molecule has 1 heterocycles. The van der Waals surface area contributed by atoms with Crippen LogP contribution in [0.5, 0.6) is 0 Å². The summed E-state index contributed by atoms with van der Waals surface area (Å²) in [6, 6.07) is 6.23. The van der Waals surface area contributed by atoms with E-state index in [-0.39, 0.29) is 11.3 Å². The van der Waals surface area contributed by atoms with Crippen LogP contribution in [0.3, 0.4) is 0 Å². The summed E-state index contributed by atoms with van der Waals surface area (Å²) in [5, 5.41) is 9.29. The van der Waals surface area contributed by atoms with Gasteiger partial charge < -0.3 is 10.0 Å². The Morgan fingerprint density at radius 1 is 1.10 bits per heavy atom. The van der Waals surface area contributed by atoms with Crippen LogP contribution in [0.15, 0.2) is 41.3 Å². The molecule has 30 heavy (non-hydrogen) atoms. The lowest BCUT2D eigenvalue weighted by atomic mass is 10.1. The van der Waals surface area contributed by atoms with Gasteiger partial charge in [0.25, 0.3) is 10.0 Å². The highest BCUT2D eigenvalue weighted by Gasteiger charge is 2.25. The summed E-state index contributed by atoms with van der Waals surface area (Å²) in [6.07, 6.45) is 1.03. The van der Waals surface area contributed by atoms with E-state index in [1.54, 1.807) is 0 Å². The largest absolute Gasteiger partial charge is 0.478 e. The number of anilines is 2. The first-order valence-corrected chi connectivity index (χ1v) is 11.0. The lowest BCUT2D eigenvalue weighted by Gasteiger charge is -2.37. The van der Waals surface area contributed by atoms with E-state index >= 15 is 0 Å². The predicted octanol–water partition coefficient (Wildman–Crippen LogP) is 3.00. The maximum Gasteiger partial charge on any atom is 0.335 e. The van der Waals surface area contributed by atoms with Crippen molar-refractivity contribution in [3.05, 3.63) is 53.6 Å². The summed E-state index contributed by atoms with van der Waals surface area (Å²) in [7, 11) is -4.48. The third-order valence-electron chi connectivity index (χ3n) is 4.92. The van der Waals surface area contributed by atoms with Crippen molar-refractivity contribution in [3.8, 4) is 0 Å². The smallest absolute Gasteiger partial charge is 0.335 e. The topological polar surface area (TPSA) is 89.9 Å². The molecule has 0 spiro atoms.